The Bertz CT molecular complexity index is 176. The highest BCUT2D eigenvalue weighted by atomic mass is 15.2. The van der Waals surface area contributed by atoms with Crippen LogP contribution in [0.1, 0.15) is 60.3 Å². The van der Waals surface area contributed by atoms with Crippen LogP contribution in [0.25, 0.3) is 0 Å². The molecular weight excluding hydrogens is 182 g/mol. The Morgan fingerprint density at radius 3 is 2.13 bits per heavy atom. The summed E-state index contributed by atoms with van der Waals surface area (Å²) in [5, 5.41) is 0. The zero-order valence-electron chi connectivity index (χ0n) is 11.3. The maximum atomic E-state index is 2.71. The van der Waals surface area contributed by atoms with Crippen LogP contribution in [0.2, 0.25) is 0 Å². The summed E-state index contributed by atoms with van der Waals surface area (Å²) in [5.41, 5.74) is 0.410. The average Bonchev–Trinajstić information content (AvgIpc) is 2.16. The molecule has 1 fully saturated rings. The summed E-state index contributed by atoms with van der Waals surface area (Å²) in [6.07, 6.45) is 5.53. The van der Waals surface area contributed by atoms with E-state index in [1.54, 1.807) is 0 Å². The summed E-state index contributed by atoms with van der Waals surface area (Å²) < 4.78 is 0. The molecule has 1 aliphatic heterocycles. The molecule has 1 rings (SSSR count). The van der Waals surface area contributed by atoms with Gasteiger partial charge in [-0.1, -0.05) is 27.2 Å². The predicted octanol–water partition coefficient (Wildman–Crippen LogP) is 3.93. The molecule has 0 amide bonds. The summed E-state index contributed by atoms with van der Waals surface area (Å²) in [6.45, 7) is 14.5. The summed E-state index contributed by atoms with van der Waals surface area (Å²) in [4.78, 5) is 2.71. The van der Waals surface area contributed by atoms with E-state index in [1.165, 1.54) is 38.8 Å². The van der Waals surface area contributed by atoms with Gasteiger partial charge < -0.3 is 0 Å². The molecule has 0 bridgehead atoms. The molecule has 0 spiro atoms. The van der Waals surface area contributed by atoms with Crippen molar-refractivity contribution >= 4 is 0 Å². The van der Waals surface area contributed by atoms with Crippen molar-refractivity contribution in [3.8, 4) is 0 Å². The lowest BCUT2D eigenvalue weighted by Crippen LogP contribution is -2.48. The Labute approximate surface area is 96.2 Å². The number of nitrogens with zero attached hydrogens (tertiary/aromatic N) is 1. The van der Waals surface area contributed by atoms with Gasteiger partial charge in [-0.05, 0) is 58.0 Å². The molecule has 0 unspecified atom stereocenters. The van der Waals surface area contributed by atoms with E-state index in [4.69, 9.17) is 0 Å². The zero-order valence-corrected chi connectivity index (χ0v) is 11.3. The number of rotatable bonds is 4. The molecule has 0 N–H and O–H groups in total. The summed E-state index contributed by atoms with van der Waals surface area (Å²) in [6, 6.07) is 0. The second kappa shape index (κ2) is 5.34. The molecule has 1 aliphatic rings. The van der Waals surface area contributed by atoms with Crippen LogP contribution in [-0.4, -0.2) is 23.5 Å². The molecule has 90 valence electrons. The van der Waals surface area contributed by atoms with Crippen molar-refractivity contribution < 1.29 is 0 Å². The van der Waals surface area contributed by atoms with Gasteiger partial charge in [0.15, 0.2) is 0 Å². The van der Waals surface area contributed by atoms with Gasteiger partial charge in [0, 0.05) is 5.54 Å². The molecule has 1 saturated heterocycles. The van der Waals surface area contributed by atoms with Gasteiger partial charge in [0.25, 0.3) is 0 Å². The fourth-order valence-electron chi connectivity index (χ4n) is 3.07. The average molecular weight is 211 g/mol. The van der Waals surface area contributed by atoms with Crippen LogP contribution in [0.5, 0.6) is 0 Å². The Balaban J connectivity index is 2.44. The SMILES string of the molecule is CCC1CCN(C(C)(C)CC(C)C)CC1. The van der Waals surface area contributed by atoms with E-state index in [1.807, 2.05) is 0 Å². The lowest BCUT2D eigenvalue weighted by atomic mass is 9.86. The van der Waals surface area contributed by atoms with Gasteiger partial charge in [0.05, 0.1) is 0 Å². The Hall–Kier alpha value is -0.0400. The molecule has 0 atom stereocenters. The van der Waals surface area contributed by atoms with Crippen LogP contribution >= 0.6 is 0 Å². The maximum Gasteiger partial charge on any atom is 0.0155 e. The van der Waals surface area contributed by atoms with E-state index in [9.17, 15) is 0 Å². The molecule has 0 saturated carbocycles. The number of hydrogen-bond acceptors (Lipinski definition) is 1. The van der Waals surface area contributed by atoms with Crippen molar-refractivity contribution in [3.63, 3.8) is 0 Å². The molecule has 1 heteroatoms. The zero-order chi connectivity index (χ0) is 11.5. The fraction of sp³-hybridized carbons (Fsp3) is 1.00. The van der Waals surface area contributed by atoms with Crippen LogP contribution in [0, 0.1) is 11.8 Å². The molecule has 0 aliphatic carbocycles. The van der Waals surface area contributed by atoms with Crippen molar-refractivity contribution in [3.05, 3.63) is 0 Å². The molecule has 1 heterocycles. The van der Waals surface area contributed by atoms with Crippen LogP contribution in [0.4, 0.5) is 0 Å². The Kier molecular flexibility index (Phi) is 4.64. The standard InChI is InChI=1S/C14H29N/c1-6-13-7-9-15(10-8-13)14(4,5)11-12(2)3/h12-13H,6-11H2,1-5H3. The monoisotopic (exact) mass is 211 g/mol. The van der Waals surface area contributed by atoms with Crippen molar-refractivity contribution in [2.24, 2.45) is 11.8 Å². The van der Waals surface area contributed by atoms with Gasteiger partial charge >= 0.3 is 0 Å². The van der Waals surface area contributed by atoms with Gasteiger partial charge in [0.2, 0.25) is 0 Å². The second-order valence-electron chi connectivity index (χ2n) is 6.25. The third-order valence-corrected chi connectivity index (χ3v) is 3.96. The van der Waals surface area contributed by atoms with Crippen molar-refractivity contribution in [1.29, 1.82) is 0 Å². The highest BCUT2D eigenvalue weighted by Crippen LogP contribution is 2.29. The first-order valence-corrected chi connectivity index (χ1v) is 6.70. The van der Waals surface area contributed by atoms with Gasteiger partial charge in [-0.25, -0.2) is 0 Å². The molecular formula is C14H29N. The Morgan fingerprint density at radius 2 is 1.73 bits per heavy atom. The normalized spacial score (nSPS) is 21.2. The van der Waals surface area contributed by atoms with E-state index in [-0.39, 0.29) is 0 Å². The van der Waals surface area contributed by atoms with Crippen LogP contribution in [0.3, 0.4) is 0 Å². The number of likely N-dealkylation sites (tertiary alicyclic amines) is 1. The van der Waals surface area contributed by atoms with Crippen LogP contribution in [-0.2, 0) is 0 Å². The largest absolute Gasteiger partial charge is 0.298 e. The third-order valence-electron chi connectivity index (χ3n) is 3.96. The number of piperidine rings is 1. The molecule has 15 heavy (non-hydrogen) atoms. The van der Waals surface area contributed by atoms with Gasteiger partial charge in [-0.2, -0.15) is 0 Å². The van der Waals surface area contributed by atoms with Crippen molar-refractivity contribution in [1.82, 2.24) is 4.90 Å². The highest BCUT2D eigenvalue weighted by molar-refractivity contribution is 4.85. The fourth-order valence-corrected chi connectivity index (χ4v) is 3.07. The molecule has 0 radical (unpaired) electrons. The van der Waals surface area contributed by atoms with E-state index in [0.717, 1.165) is 11.8 Å². The second-order valence-corrected chi connectivity index (χ2v) is 6.25. The van der Waals surface area contributed by atoms with E-state index in [2.05, 4.69) is 39.5 Å². The summed E-state index contributed by atoms with van der Waals surface area (Å²) >= 11 is 0. The molecule has 1 nitrogen and oxygen atoms in total. The quantitative estimate of drug-likeness (QED) is 0.681. The lowest BCUT2D eigenvalue weighted by molar-refractivity contribution is 0.0587. The first-order chi connectivity index (χ1) is 6.95. The van der Waals surface area contributed by atoms with Crippen molar-refractivity contribution in [2.75, 3.05) is 13.1 Å². The predicted molar refractivity (Wildman–Crippen MR) is 68.1 cm³/mol. The third kappa shape index (κ3) is 3.79. The molecule has 0 aromatic heterocycles. The minimum Gasteiger partial charge on any atom is -0.298 e. The summed E-state index contributed by atoms with van der Waals surface area (Å²) in [5.74, 6) is 1.81. The van der Waals surface area contributed by atoms with Crippen LogP contribution in [0.15, 0.2) is 0 Å². The first-order valence-electron chi connectivity index (χ1n) is 6.70. The molecule has 0 aromatic rings. The number of hydrogen-bond donors (Lipinski definition) is 0. The van der Waals surface area contributed by atoms with E-state index in [0.29, 0.717) is 5.54 Å². The van der Waals surface area contributed by atoms with Crippen molar-refractivity contribution in [2.45, 2.75) is 65.8 Å². The highest BCUT2D eigenvalue weighted by Gasteiger charge is 2.30. The van der Waals surface area contributed by atoms with Crippen LogP contribution < -0.4 is 0 Å². The van der Waals surface area contributed by atoms with Gasteiger partial charge in [-0.15, -0.1) is 0 Å². The maximum absolute atomic E-state index is 2.71. The smallest absolute Gasteiger partial charge is 0.0155 e. The first kappa shape index (κ1) is 13.0. The Morgan fingerprint density at radius 1 is 1.20 bits per heavy atom. The minimum absolute atomic E-state index is 0.410. The minimum atomic E-state index is 0.410. The van der Waals surface area contributed by atoms with E-state index >= 15 is 0 Å². The van der Waals surface area contributed by atoms with E-state index < -0.39 is 0 Å². The topological polar surface area (TPSA) is 3.24 Å². The summed E-state index contributed by atoms with van der Waals surface area (Å²) in [7, 11) is 0. The lowest BCUT2D eigenvalue weighted by Gasteiger charge is -2.44. The van der Waals surface area contributed by atoms with Gasteiger partial charge in [-0.3, -0.25) is 4.90 Å². The molecule has 0 aromatic carbocycles. The van der Waals surface area contributed by atoms with Gasteiger partial charge in [0.1, 0.15) is 0 Å².